The number of phenols is 1. The second kappa shape index (κ2) is 3.54. The van der Waals surface area contributed by atoms with Crippen molar-refractivity contribution in [1.82, 2.24) is 0 Å². The Hall–Kier alpha value is -1.46. The van der Waals surface area contributed by atoms with Crippen molar-refractivity contribution in [2.45, 2.75) is 19.4 Å². The van der Waals surface area contributed by atoms with Gasteiger partial charge in [-0.2, -0.15) is 0 Å². The van der Waals surface area contributed by atoms with Crippen molar-refractivity contribution >= 4 is 0 Å². The van der Waals surface area contributed by atoms with Crippen molar-refractivity contribution in [2.24, 2.45) is 5.90 Å². The number of aromatic hydroxyl groups is 1. The van der Waals surface area contributed by atoms with Crippen LogP contribution in [0.1, 0.15) is 16.7 Å². The zero-order chi connectivity index (χ0) is 11.1. The summed E-state index contributed by atoms with van der Waals surface area (Å²) in [5.74, 6) is 6.66. The summed E-state index contributed by atoms with van der Waals surface area (Å²) in [6, 6.07) is 0. The molecule has 0 saturated heterocycles. The number of rotatable bonds is 2. The van der Waals surface area contributed by atoms with Crippen LogP contribution >= 0.6 is 0 Å². The first-order valence-corrected chi connectivity index (χ1v) is 5.29. The molecule has 0 aliphatic carbocycles. The van der Waals surface area contributed by atoms with Gasteiger partial charge in [-0.1, -0.05) is 0 Å². The van der Waals surface area contributed by atoms with Crippen molar-refractivity contribution in [3.05, 3.63) is 16.7 Å². The van der Waals surface area contributed by atoms with Crippen molar-refractivity contribution in [1.29, 1.82) is 0 Å². The van der Waals surface area contributed by atoms with Crippen LogP contribution in [0.5, 0.6) is 17.2 Å². The fraction of sp³-hybridized carbons (Fsp3) is 0.455. The van der Waals surface area contributed by atoms with E-state index in [2.05, 4.69) is 0 Å². The fourth-order valence-corrected chi connectivity index (χ4v) is 2.42. The largest absolute Gasteiger partial charge is 0.504 e. The SMILES string of the molecule is NOCc1c2c(c(O)c3c1OCC3)OCC2. The maximum atomic E-state index is 10.0. The van der Waals surface area contributed by atoms with E-state index in [-0.39, 0.29) is 12.4 Å². The van der Waals surface area contributed by atoms with Crippen molar-refractivity contribution in [3.63, 3.8) is 0 Å². The molecule has 0 radical (unpaired) electrons. The lowest BCUT2D eigenvalue weighted by Gasteiger charge is -2.13. The van der Waals surface area contributed by atoms with E-state index in [9.17, 15) is 5.11 Å². The van der Waals surface area contributed by atoms with Gasteiger partial charge in [0.25, 0.3) is 0 Å². The molecule has 5 nitrogen and oxygen atoms in total. The lowest BCUT2D eigenvalue weighted by atomic mass is 9.99. The zero-order valence-electron chi connectivity index (χ0n) is 8.78. The molecule has 0 saturated carbocycles. The number of phenolic OH excluding ortho intramolecular Hbond substituents is 1. The van der Waals surface area contributed by atoms with Crippen LogP contribution in [0.2, 0.25) is 0 Å². The fourth-order valence-electron chi connectivity index (χ4n) is 2.42. The molecule has 0 bridgehead atoms. The van der Waals surface area contributed by atoms with Gasteiger partial charge in [-0.15, -0.1) is 0 Å². The standard InChI is InChI=1S/C11H13NO4/c12-16-5-8-6-1-3-15-11(6)9(13)7-2-4-14-10(7)8/h13H,1-5,12H2. The smallest absolute Gasteiger partial charge is 0.165 e. The Kier molecular flexibility index (Phi) is 2.15. The molecule has 0 atom stereocenters. The Morgan fingerprint density at radius 1 is 1.12 bits per heavy atom. The number of nitrogens with two attached hydrogens (primary N) is 1. The molecule has 16 heavy (non-hydrogen) atoms. The van der Waals surface area contributed by atoms with E-state index in [4.69, 9.17) is 20.2 Å². The molecular weight excluding hydrogens is 210 g/mol. The number of benzene rings is 1. The Bertz CT molecular complexity index is 409. The normalized spacial score (nSPS) is 16.6. The predicted octanol–water partition coefficient (Wildman–Crippen LogP) is 0.652. The van der Waals surface area contributed by atoms with Gasteiger partial charge in [-0.05, 0) is 0 Å². The van der Waals surface area contributed by atoms with Crippen LogP contribution in [0.3, 0.4) is 0 Å². The van der Waals surface area contributed by atoms with Gasteiger partial charge in [0.15, 0.2) is 11.5 Å². The monoisotopic (exact) mass is 223 g/mol. The highest BCUT2D eigenvalue weighted by Gasteiger charge is 2.31. The molecule has 5 heteroatoms. The lowest BCUT2D eigenvalue weighted by molar-refractivity contribution is 0.121. The summed E-state index contributed by atoms with van der Waals surface area (Å²) in [5, 5.41) is 10.0. The topological polar surface area (TPSA) is 73.9 Å². The third-order valence-electron chi connectivity index (χ3n) is 3.11. The highest BCUT2D eigenvalue weighted by Crippen LogP contribution is 2.48. The molecule has 86 valence electrons. The highest BCUT2D eigenvalue weighted by molar-refractivity contribution is 5.64. The Labute approximate surface area is 92.7 Å². The summed E-state index contributed by atoms with van der Waals surface area (Å²) in [5.41, 5.74) is 2.69. The summed E-state index contributed by atoms with van der Waals surface area (Å²) in [6.45, 7) is 1.46. The Morgan fingerprint density at radius 2 is 1.81 bits per heavy atom. The van der Waals surface area contributed by atoms with E-state index < -0.39 is 0 Å². The summed E-state index contributed by atoms with van der Waals surface area (Å²) in [7, 11) is 0. The van der Waals surface area contributed by atoms with E-state index in [0.717, 1.165) is 28.9 Å². The van der Waals surface area contributed by atoms with Gasteiger partial charge in [0.1, 0.15) is 5.75 Å². The molecule has 2 heterocycles. The van der Waals surface area contributed by atoms with Crippen LogP contribution < -0.4 is 15.4 Å². The summed E-state index contributed by atoms with van der Waals surface area (Å²) in [6.07, 6.45) is 1.47. The van der Waals surface area contributed by atoms with Gasteiger partial charge in [0.2, 0.25) is 0 Å². The third-order valence-corrected chi connectivity index (χ3v) is 3.11. The molecule has 3 rings (SSSR count). The average molecular weight is 223 g/mol. The van der Waals surface area contributed by atoms with Gasteiger partial charge in [0, 0.05) is 29.5 Å². The summed E-state index contributed by atoms with van der Waals surface area (Å²) >= 11 is 0. The number of hydrogen-bond donors (Lipinski definition) is 2. The number of fused-ring (bicyclic) bond motifs is 2. The Balaban J connectivity index is 2.23. The van der Waals surface area contributed by atoms with Crippen LogP contribution in [-0.2, 0) is 24.3 Å². The van der Waals surface area contributed by atoms with Gasteiger partial charge in [0.05, 0.1) is 19.8 Å². The van der Waals surface area contributed by atoms with Crippen LogP contribution in [0.15, 0.2) is 0 Å². The summed E-state index contributed by atoms with van der Waals surface area (Å²) in [4.78, 5) is 4.70. The van der Waals surface area contributed by atoms with E-state index in [1.165, 1.54) is 0 Å². The first-order chi connectivity index (χ1) is 7.83. The van der Waals surface area contributed by atoms with E-state index in [0.29, 0.717) is 25.4 Å². The van der Waals surface area contributed by atoms with Crippen LogP contribution in [0.4, 0.5) is 0 Å². The maximum absolute atomic E-state index is 10.0. The molecule has 2 aliphatic rings. The van der Waals surface area contributed by atoms with E-state index in [1.807, 2.05) is 0 Å². The van der Waals surface area contributed by atoms with Crippen LogP contribution in [0, 0.1) is 0 Å². The highest BCUT2D eigenvalue weighted by atomic mass is 16.6. The van der Waals surface area contributed by atoms with Crippen molar-refractivity contribution < 1.29 is 19.4 Å². The minimum absolute atomic E-state index is 0.223. The van der Waals surface area contributed by atoms with E-state index in [1.54, 1.807) is 0 Å². The quantitative estimate of drug-likeness (QED) is 0.720. The molecule has 0 amide bonds. The molecule has 3 N–H and O–H groups in total. The molecular formula is C11H13NO4. The Morgan fingerprint density at radius 3 is 2.56 bits per heavy atom. The second-order valence-electron chi connectivity index (χ2n) is 3.95. The maximum Gasteiger partial charge on any atom is 0.165 e. The van der Waals surface area contributed by atoms with Gasteiger partial charge < -0.3 is 14.6 Å². The van der Waals surface area contributed by atoms with Gasteiger partial charge in [-0.25, -0.2) is 5.90 Å². The van der Waals surface area contributed by atoms with Crippen LogP contribution in [0.25, 0.3) is 0 Å². The third kappa shape index (κ3) is 1.19. The van der Waals surface area contributed by atoms with Crippen molar-refractivity contribution in [2.75, 3.05) is 13.2 Å². The molecule has 1 aromatic rings. The summed E-state index contributed by atoms with van der Waals surface area (Å²) < 4.78 is 11.0. The number of ether oxygens (including phenoxy) is 2. The first-order valence-electron chi connectivity index (χ1n) is 5.29. The molecule has 0 unspecified atom stereocenters. The minimum Gasteiger partial charge on any atom is -0.504 e. The molecule has 1 aromatic carbocycles. The molecule has 0 aromatic heterocycles. The first kappa shape index (κ1) is 9.74. The minimum atomic E-state index is 0.223. The lowest BCUT2D eigenvalue weighted by Crippen LogP contribution is -2.04. The van der Waals surface area contributed by atoms with Gasteiger partial charge in [-0.3, -0.25) is 4.84 Å². The predicted molar refractivity (Wildman–Crippen MR) is 55.5 cm³/mol. The zero-order valence-corrected chi connectivity index (χ0v) is 8.78. The second-order valence-corrected chi connectivity index (χ2v) is 3.95. The van der Waals surface area contributed by atoms with Crippen LogP contribution in [-0.4, -0.2) is 18.3 Å². The average Bonchev–Trinajstić information content (AvgIpc) is 2.92. The molecule has 0 spiro atoms. The molecule has 0 fully saturated rings. The van der Waals surface area contributed by atoms with E-state index >= 15 is 0 Å². The number of hydrogen-bond acceptors (Lipinski definition) is 5. The van der Waals surface area contributed by atoms with Crippen molar-refractivity contribution in [3.8, 4) is 17.2 Å². The molecule has 2 aliphatic heterocycles. The van der Waals surface area contributed by atoms with Gasteiger partial charge >= 0.3 is 0 Å².